The Bertz CT molecular complexity index is 848. The Hall–Kier alpha value is -2.94. The van der Waals surface area contributed by atoms with Gasteiger partial charge < -0.3 is 19.4 Å². The van der Waals surface area contributed by atoms with Crippen LogP contribution in [0.15, 0.2) is 24.3 Å². The second-order valence-corrected chi connectivity index (χ2v) is 6.19. The average molecular weight is 339 g/mol. The van der Waals surface area contributed by atoms with Crippen LogP contribution in [0.1, 0.15) is 28.7 Å². The lowest BCUT2D eigenvalue weighted by atomic mass is 10.2. The third kappa shape index (κ3) is 3.31. The minimum Gasteiger partial charge on any atom is -0.486 e. The minimum atomic E-state index is -0.217. The molecule has 1 atom stereocenters. The number of nitrogens with zero attached hydrogens (tertiary/aromatic N) is 2. The highest BCUT2D eigenvalue weighted by Crippen LogP contribution is 2.33. The first-order valence-electron chi connectivity index (χ1n) is 8.28. The summed E-state index contributed by atoms with van der Waals surface area (Å²) >= 11 is 0. The number of aromatic nitrogens is 1. The van der Waals surface area contributed by atoms with Crippen molar-refractivity contribution in [3.63, 3.8) is 0 Å². The summed E-state index contributed by atoms with van der Waals surface area (Å²) in [6.45, 7) is 7.07. The zero-order valence-electron chi connectivity index (χ0n) is 14.6. The van der Waals surface area contributed by atoms with E-state index in [0.717, 1.165) is 22.8 Å². The van der Waals surface area contributed by atoms with Gasteiger partial charge in [0.05, 0.1) is 17.6 Å². The molecule has 130 valence electrons. The fourth-order valence-electron chi connectivity index (χ4n) is 2.95. The van der Waals surface area contributed by atoms with Crippen LogP contribution in [0.3, 0.4) is 0 Å². The van der Waals surface area contributed by atoms with Crippen molar-refractivity contribution in [2.24, 2.45) is 5.92 Å². The number of aryl methyl sites for hydroxylation is 1. The van der Waals surface area contributed by atoms with E-state index in [4.69, 9.17) is 14.7 Å². The third-order valence-corrected chi connectivity index (χ3v) is 4.25. The smallest absolute Gasteiger partial charge is 0.253 e. The first-order chi connectivity index (χ1) is 12.0. The van der Waals surface area contributed by atoms with E-state index in [-0.39, 0.29) is 11.8 Å². The number of nitrogens with one attached hydrogen (secondary N) is 1. The van der Waals surface area contributed by atoms with Crippen LogP contribution in [0.5, 0.6) is 11.5 Å². The Morgan fingerprint density at radius 1 is 1.28 bits per heavy atom. The second kappa shape index (κ2) is 6.89. The van der Waals surface area contributed by atoms with E-state index in [1.54, 1.807) is 6.92 Å². The van der Waals surface area contributed by atoms with Crippen molar-refractivity contribution >= 4 is 5.91 Å². The molecular weight excluding hydrogens is 318 g/mol. The summed E-state index contributed by atoms with van der Waals surface area (Å²) in [6, 6.07) is 9.73. The van der Waals surface area contributed by atoms with E-state index in [1.807, 2.05) is 42.7 Å². The number of amides is 1. The Balaban J connectivity index is 1.90. The van der Waals surface area contributed by atoms with Gasteiger partial charge >= 0.3 is 0 Å². The number of carbonyl (C=O) groups excluding carboxylic acids is 1. The summed E-state index contributed by atoms with van der Waals surface area (Å²) < 4.78 is 13.2. The molecule has 0 unspecified atom stereocenters. The molecule has 1 aliphatic heterocycles. The lowest BCUT2D eigenvalue weighted by Gasteiger charge is -2.20. The van der Waals surface area contributed by atoms with Gasteiger partial charge in [0.25, 0.3) is 5.91 Å². The molecule has 6 heteroatoms. The van der Waals surface area contributed by atoms with E-state index in [1.165, 1.54) is 0 Å². The van der Waals surface area contributed by atoms with Crippen LogP contribution in [0, 0.1) is 31.1 Å². The van der Waals surface area contributed by atoms with Gasteiger partial charge in [-0.3, -0.25) is 4.79 Å². The number of nitriles is 1. The van der Waals surface area contributed by atoms with E-state index in [9.17, 15) is 4.79 Å². The molecule has 0 fully saturated rings. The predicted molar refractivity (Wildman–Crippen MR) is 93.3 cm³/mol. The molecule has 6 nitrogen and oxygen atoms in total. The van der Waals surface area contributed by atoms with E-state index in [2.05, 4.69) is 11.4 Å². The highest BCUT2D eigenvalue weighted by Gasteiger charge is 2.19. The zero-order valence-corrected chi connectivity index (χ0v) is 14.6. The van der Waals surface area contributed by atoms with Crippen LogP contribution in [0.2, 0.25) is 0 Å². The van der Waals surface area contributed by atoms with Gasteiger partial charge in [0, 0.05) is 29.7 Å². The Morgan fingerprint density at radius 2 is 2.00 bits per heavy atom. The fraction of sp³-hybridized carbons (Fsp3) is 0.368. The molecule has 0 aliphatic carbocycles. The van der Waals surface area contributed by atoms with Gasteiger partial charge in [0.1, 0.15) is 13.2 Å². The van der Waals surface area contributed by atoms with Crippen molar-refractivity contribution in [1.29, 1.82) is 5.26 Å². The molecule has 1 aliphatic rings. The highest BCUT2D eigenvalue weighted by molar-refractivity contribution is 5.96. The predicted octanol–water partition coefficient (Wildman–Crippen LogP) is 2.75. The van der Waals surface area contributed by atoms with Crippen molar-refractivity contribution in [2.45, 2.75) is 20.8 Å². The minimum absolute atomic E-state index is 0.168. The van der Waals surface area contributed by atoms with Crippen molar-refractivity contribution in [3.8, 4) is 23.3 Å². The highest BCUT2D eigenvalue weighted by atomic mass is 16.6. The Morgan fingerprint density at radius 3 is 2.72 bits per heavy atom. The molecular formula is C19H21N3O3. The van der Waals surface area contributed by atoms with E-state index >= 15 is 0 Å². The van der Waals surface area contributed by atoms with Crippen LogP contribution in [-0.2, 0) is 0 Å². The van der Waals surface area contributed by atoms with Crippen LogP contribution < -0.4 is 14.8 Å². The number of benzene rings is 1. The maximum absolute atomic E-state index is 12.4. The molecule has 1 aromatic carbocycles. The molecule has 1 aromatic heterocycles. The Labute approximate surface area is 147 Å². The van der Waals surface area contributed by atoms with Gasteiger partial charge in [-0.25, -0.2) is 0 Å². The summed E-state index contributed by atoms with van der Waals surface area (Å²) in [5, 5.41) is 11.7. The lowest BCUT2D eigenvalue weighted by Crippen LogP contribution is -2.28. The molecule has 1 N–H and O–H groups in total. The molecule has 0 bridgehead atoms. The van der Waals surface area contributed by atoms with Gasteiger partial charge in [-0.1, -0.05) is 0 Å². The van der Waals surface area contributed by atoms with E-state index in [0.29, 0.717) is 31.1 Å². The number of ether oxygens (including phenoxy) is 2. The largest absolute Gasteiger partial charge is 0.486 e. The van der Waals surface area contributed by atoms with Crippen molar-refractivity contribution in [3.05, 3.63) is 41.2 Å². The fourth-order valence-corrected chi connectivity index (χ4v) is 2.95. The molecule has 2 heterocycles. The normalized spacial score (nSPS) is 13.8. The molecule has 0 radical (unpaired) electrons. The van der Waals surface area contributed by atoms with Crippen molar-refractivity contribution < 1.29 is 14.3 Å². The summed E-state index contributed by atoms with van der Waals surface area (Å²) in [7, 11) is 0. The monoisotopic (exact) mass is 339 g/mol. The maximum atomic E-state index is 12.4. The molecule has 0 saturated carbocycles. The molecule has 1 amide bonds. The standard InChI is InChI=1S/C19H21N3O3/c1-12(10-20)11-21-19(23)16-8-13(2)22(14(16)3)15-4-5-17-18(9-15)25-7-6-24-17/h4-5,8-9,12H,6-7,11H2,1-3H3,(H,21,23)/t12-/m0/s1. The Kier molecular flexibility index (Phi) is 4.66. The topological polar surface area (TPSA) is 76.3 Å². The van der Waals surface area contributed by atoms with Gasteiger partial charge in [-0.05, 0) is 39.0 Å². The SMILES string of the molecule is Cc1cc(C(=O)NC[C@@H](C)C#N)c(C)n1-c1ccc2c(c1)OCCO2. The first kappa shape index (κ1) is 16.9. The summed E-state index contributed by atoms with van der Waals surface area (Å²) in [6.07, 6.45) is 0. The molecule has 2 aromatic rings. The maximum Gasteiger partial charge on any atom is 0.253 e. The van der Waals surface area contributed by atoms with E-state index < -0.39 is 0 Å². The second-order valence-electron chi connectivity index (χ2n) is 6.19. The number of hydrogen-bond donors (Lipinski definition) is 1. The van der Waals surface area contributed by atoms with Gasteiger partial charge in [0.15, 0.2) is 11.5 Å². The zero-order chi connectivity index (χ0) is 18.0. The van der Waals surface area contributed by atoms with Crippen molar-refractivity contribution in [2.75, 3.05) is 19.8 Å². The van der Waals surface area contributed by atoms with Gasteiger partial charge in [-0.15, -0.1) is 0 Å². The quantitative estimate of drug-likeness (QED) is 0.929. The average Bonchev–Trinajstić information content (AvgIpc) is 2.93. The van der Waals surface area contributed by atoms with Crippen LogP contribution >= 0.6 is 0 Å². The van der Waals surface area contributed by atoms with Crippen LogP contribution in [0.4, 0.5) is 0 Å². The first-order valence-corrected chi connectivity index (χ1v) is 8.28. The molecule has 25 heavy (non-hydrogen) atoms. The number of rotatable bonds is 4. The van der Waals surface area contributed by atoms with Crippen LogP contribution in [0.25, 0.3) is 5.69 Å². The molecule has 0 spiro atoms. The van der Waals surface area contributed by atoms with Gasteiger partial charge in [-0.2, -0.15) is 5.26 Å². The number of fused-ring (bicyclic) bond motifs is 1. The van der Waals surface area contributed by atoms with Gasteiger partial charge in [0.2, 0.25) is 0 Å². The number of carbonyl (C=O) groups is 1. The summed E-state index contributed by atoms with van der Waals surface area (Å²) in [5.41, 5.74) is 3.32. The lowest BCUT2D eigenvalue weighted by molar-refractivity contribution is 0.0950. The van der Waals surface area contributed by atoms with Crippen molar-refractivity contribution in [1.82, 2.24) is 9.88 Å². The third-order valence-electron chi connectivity index (χ3n) is 4.25. The summed E-state index contributed by atoms with van der Waals surface area (Å²) in [5.74, 6) is 1.07. The summed E-state index contributed by atoms with van der Waals surface area (Å²) in [4.78, 5) is 12.4. The number of hydrogen-bond acceptors (Lipinski definition) is 4. The molecule has 0 saturated heterocycles. The molecule has 3 rings (SSSR count). The van der Waals surface area contributed by atoms with Crippen LogP contribution in [-0.4, -0.2) is 30.2 Å².